The first-order valence-corrected chi connectivity index (χ1v) is 6.60. The van der Waals surface area contributed by atoms with E-state index >= 15 is 0 Å². The van der Waals surface area contributed by atoms with E-state index in [1.54, 1.807) is 18.2 Å². The van der Waals surface area contributed by atoms with Crippen molar-refractivity contribution in [2.75, 3.05) is 6.61 Å². The molecule has 0 atom stereocenters. The highest BCUT2D eigenvalue weighted by Crippen LogP contribution is 2.29. The maximum atomic E-state index is 8.66. The number of nitrogens with two attached hydrogens (primary N) is 1. The quantitative estimate of drug-likeness (QED) is 0.373. The van der Waals surface area contributed by atoms with E-state index < -0.39 is 5.41 Å². The van der Waals surface area contributed by atoms with Crippen molar-refractivity contribution in [2.45, 2.75) is 20.3 Å². The second-order valence-electron chi connectivity index (χ2n) is 4.54. The molecule has 0 radical (unpaired) electrons. The summed E-state index contributed by atoms with van der Waals surface area (Å²) >= 11 is 9.21. The summed E-state index contributed by atoms with van der Waals surface area (Å²) in [5, 5.41) is 12.3. The van der Waals surface area contributed by atoms with Crippen LogP contribution >= 0.6 is 27.5 Å². The van der Waals surface area contributed by atoms with E-state index in [1.807, 2.05) is 13.8 Å². The predicted octanol–water partition coefficient (Wildman–Crippen LogP) is 3.64. The van der Waals surface area contributed by atoms with Crippen LogP contribution in [0.1, 0.15) is 20.3 Å². The van der Waals surface area contributed by atoms with Crippen LogP contribution in [0.3, 0.4) is 0 Å². The monoisotopic (exact) mass is 334 g/mol. The Hall–Kier alpha value is -0.940. The molecule has 0 heterocycles. The summed E-state index contributed by atoms with van der Waals surface area (Å²) in [4.78, 5) is 0. The van der Waals surface area contributed by atoms with Crippen molar-refractivity contribution < 1.29 is 9.94 Å². The van der Waals surface area contributed by atoms with Gasteiger partial charge in [0.15, 0.2) is 0 Å². The number of rotatable bonds is 5. The number of hydrogen-bond donors (Lipinski definition) is 2. The lowest BCUT2D eigenvalue weighted by Gasteiger charge is -2.22. The van der Waals surface area contributed by atoms with Crippen LogP contribution in [0.25, 0.3) is 0 Å². The SMILES string of the molecule is CC(C)(CCOc1ccc(Cl)cc1Br)C(N)=NO. The van der Waals surface area contributed by atoms with Crippen molar-refractivity contribution in [3.63, 3.8) is 0 Å². The number of hydrogen-bond acceptors (Lipinski definition) is 3. The third-order valence-corrected chi connectivity index (χ3v) is 3.53. The highest BCUT2D eigenvalue weighted by atomic mass is 79.9. The molecular formula is C12H16BrClN2O2. The fraction of sp³-hybridized carbons (Fsp3) is 0.417. The summed E-state index contributed by atoms with van der Waals surface area (Å²) < 4.78 is 6.43. The molecule has 1 aromatic rings. The fourth-order valence-corrected chi connectivity index (χ4v) is 2.07. The minimum absolute atomic E-state index is 0.196. The van der Waals surface area contributed by atoms with Crippen LogP contribution in [-0.4, -0.2) is 17.6 Å². The van der Waals surface area contributed by atoms with Crippen molar-refractivity contribution >= 4 is 33.4 Å². The molecule has 0 spiro atoms. The Bertz CT molecular complexity index is 450. The molecule has 0 saturated heterocycles. The molecule has 6 heteroatoms. The van der Waals surface area contributed by atoms with E-state index in [4.69, 9.17) is 27.3 Å². The highest BCUT2D eigenvalue weighted by molar-refractivity contribution is 9.10. The van der Waals surface area contributed by atoms with Crippen LogP contribution in [0.5, 0.6) is 5.75 Å². The third kappa shape index (κ3) is 4.07. The van der Waals surface area contributed by atoms with Crippen LogP contribution in [0.15, 0.2) is 27.8 Å². The summed E-state index contributed by atoms with van der Waals surface area (Å²) in [6, 6.07) is 5.32. The first-order chi connectivity index (χ1) is 8.36. The van der Waals surface area contributed by atoms with E-state index in [0.717, 1.165) is 10.2 Å². The normalized spacial score (nSPS) is 12.6. The van der Waals surface area contributed by atoms with E-state index in [2.05, 4.69) is 21.1 Å². The summed E-state index contributed by atoms with van der Waals surface area (Å²) in [7, 11) is 0. The highest BCUT2D eigenvalue weighted by Gasteiger charge is 2.23. The number of amidine groups is 1. The average Bonchev–Trinajstić information content (AvgIpc) is 2.30. The number of benzene rings is 1. The lowest BCUT2D eigenvalue weighted by Crippen LogP contribution is -2.33. The van der Waals surface area contributed by atoms with Gasteiger partial charge in [0.2, 0.25) is 0 Å². The molecular weight excluding hydrogens is 320 g/mol. The Morgan fingerprint density at radius 1 is 1.56 bits per heavy atom. The number of halogens is 2. The van der Waals surface area contributed by atoms with Gasteiger partial charge in [-0.2, -0.15) is 0 Å². The Labute approximate surface area is 120 Å². The van der Waals surface area contributed by atoms with Crippen molar-refractivity contribution in [1.29, 1.82) is 0 Å². The zero-order chi connectivity index (χ0) is 13.8. The molecule has 0 saturated carbocycles. The Morgan fingerprint density at radius 2 is 2.22 bits per heavy atom. The molecule has 1 rings (SSSR count). The van der Waals surface area contributed by atoms with Gasteiger partial charge in [-0.05, 0) is 40.5 Å². The largest absolute Gasteiger partial charge is 0.492 e. The van der Waals surface area contributed by atoms with Crippen LogP contribution in [0, 0.1) is 5.41 Å². The van der Waals surface area contributed by atoms with Gasteiger partial charge in [-0.25, -0.2) is 0 Å². The molecule has 0 aliphatic carbocycles. The van der Waals surface area contributed by atoms with E-state index in [0.29, 0.717) is 18.1 Å². The first-order valence-electron chi connectivity index (χ1n) is 5.42. The van der Waals surface area contributed by atoms with Gasteiger partial charge < -0.3 is 15.7 Å². The van der Waals surface area contributed by atoms with Gasteiger partial charge in [0.05, 0.1) is 11.1 Å². The van der Waals surface area contributed by atoms with E-state index in [9.17, 15) is 0 Å². The lowest BCUT2D eigenvalue weighted by molar-refractivity contribution is 0.258. The van der Waals surface area contributed by atoms with Gasteiger partial charge in [-0.15, -0.1) is 0 Å². The van der Waals surface area contributed by atoms with Crippen molar-refractivity contribution in [3.05, 3.63) is 27.7 Å². The minimum Gasteiger partial charge on any atom is -0.492 e. The molecule has 0 amide bonds. The van der Waals surface area contributed by atoms with Crippen molar-refractivity contribution in [2.24, 2.45) is 16.3 Å². The maximum Gasteiger partial charge on any atom is 0.144 e. The number of oxime groups is 1. The van der Waals surface area contributed by atoms with E-state index in [1.165, 1.54) is 0 Å². The Balaban J connectivity index is 2.57. The number of ether oxygens (including phenoxy) is 1. The Kier molecular flexibility index (Phi) is 5.28. The maximum absolute atomic E-state index is 8.66. The molecule has 0 aliphatic heterocycles. The van der Waals surface area contributed by atoms with Gasteiger partial charge in [-0.3, -0.25) is 0 Å². The smallest absolute Gasteiger partial charge is 0.144 e. The zero-order valence-electron chi connectivity index (χ0n) is 10.3. The molecule has 100 valence electrons. The molecule has 3 N–H and O–H groups in total. The third-order valence-electron chi connectivity index (χ3n) is 2.68. The van der Waals surface area contributed by atoms with Crippen LogP contribution in [0.2, 0.25) is 5.02 Å². The van der Waals surface area contributed by atoms with E-state index in [-0.39, 0.29) is 5.84 Å². The summed E-state index contributed by atoms with van der Waals surface area (Å²) in [6.07, 6.45) is 0.637. The second kappa shape index (κ2) is 6.29. The topological polar surface area (TPSA) is 67.8 Å². The molecule has 0 unspecified atom stereocenters. The van der Waals surface area contributed by atoms with Crippen molar-refractivity contribution in [3.8, 4) is 5.75 Å². The first kappa shape index (κ1) is 15.1. The van der Waals surface area contributed by atoms with Gasteiger partial charge in [0, 0.05) is 10.4 Å². The fourth-order valence-electron chi connectivity index (χ4n) is 1.27. The van der Waals surface area contributed by atoms with Crippen LogP contribution in [-0.2, 0) is 0 Å². The summed E-state index contributed by atoms with van der Waals surface area (Å²) in [5.74, 6) is 0.913. The zero-order valence-corrected chi connectivity index (χ0v) is 12.6. The molecule has 0 aliphatic rings. The average molecular weight is 336 g/mol. The Morgan fingerprint density at radius 3 is 2.78 bits per heavy atom. The molecule has 0 fully saturated rings. The molecule has 18 heavy (non-hydrogen) atoms. The minimum atomic E-state index is -0.409. The van der Waals surface area contributed by atoms with Crippen LogP contribution in [0.4, 0.5) is 0 Å². The standard InChI is InChI=1S/C12H16BrClN2O2/c1-12(2,11(15)16-17)5-6-18-10-4-3-8(14)7-9(10)13/h3-4,7,17H,5-6H2,1-2H3,(H2,15,16). The molecule has 1 aromatic carbocycles. The van der Waals surface area contributed by atoms with Gasteiger partial charge >= 0.3 is 0 Å². The summed E-state index contributed by atoms with van der Waals surface area (Å²) in [5.41, 5.74) is 5.19. The van der Waals surface area contributed by atoms with Crippen molar-refractivity contribution in [1.82, 2.24) is 0 Å². The molecule has 0 bridgehead atoms. The van der Waals surface area contributed by atoms with Gasteiger partial charge in [0.1, 0.15) is 11.6 Å². The lowest BCUT2D eigenvalue weighted by atomic mass is 9.88. The predicted molar refractivity (Wildman–Crippen MR) is 76.5 cm³/mol. The number of nitrogens with zero attached hydrogens (tertiary/aromatic N) is 1. The van der Waals surface area contributed by atoms with Gasteiger partial charge in [-0.1, -0.05) is 30.6 Å². The second-order valence-corrected chi connectivity index (χ2v) is 5.83. The molecule has 0 aromatic heterocycles. The summed E-state index contributed by atoms with van der Waals surface area (Å²) in [6.45, 7) is 4.24. The van der Waals surface area contributed by atoms with Crippen LogP contribution < -0.4 is 10.5 Å². The van der Waals surface area contributed by atoms with Gasteiger partial charge in [0.25, 0.3) is 0 Å². The molecule has 4 nitrogen and oxygen atoms in total.